The number of carbonyl (C=O) groups excluding carboxylic acids is 2. The number of ether oxygens (including phenoxy) is 1. The van der Waals surface area contributed by atoms with Crippen LogP contribution in [0.4, 0.5) is 0 Å². The fourth-order valence-corrected chi connectivity index (χ4v) is 4.37. The van der Waals surface area contributed by atoms with Crippen LogP contribution < -0.4 is 5.73 Å². The lowest BCUT2D eigenvalue weighted by atomic mass is 9.89. The molecule has 7 heteroatoms. The predicted molar refractivity (Wildman–Crippen MR) is 123 cm³/mol. The molecule has 4 atom stereocenters. The molecule has 1 aliphatic rings. The molecule has 0 spiro atoms. The van der Waals surface area contributed by atoms with Crippen molar-refractivity contribution in [2.75, 3.05) is 0 Å². The number of morpholine rings is 1. The van der Waals surface area contributed by atoms with Gasteiger partial charge >= 0.3 is 0 Å². The van der Waals surface area contributed by atoms with Gasteiger partial charge in [-0.05, 0) is 41.8 Å². The average molecular weight is 461 g/mol. The number of halogens is 2. The van der Waals surface area contributed by atoms with E-state index in [0.29, 0.717) is 29.3 Å². The summed E-state index contributed by atoms with van der Waals surface area (Å²) >= 11 is 12.4. The minimum Gasteiger partial charge on any atom is -0.368 e. The Balaban J connectivity index is 2.20. The van der Waals surface area contributed by atoms with E-state index >= 15 is 0 Å². The first-order valence-electron chi connectivity index (χ1n) is 10.3. The van der Waals surface area contributed by atoms with Crippen LogP contribution in [0.1, 0.15) is 49.5 Å². The molecule has 1 aliphatic heterocycles. The van der Waals surface area contributed by atoms with E-state index in [-0.39, 0.29) is 5.91 Å². The van der Waals surface area contributed by atoms with Crippen molar-refractivity contribution in [1.82, 2.24) is 4.90 Å². The summed E-state index contributed by atoms with van der Waals surface area (Å²) in [6.45, 7) is 5.70. The van der Waals surface area contributed by atoms with Gasteiger partial charge in [0.2, 0.25) is 5.91 Å². The zero-order valence-corrected chi connectivity index (χ0v) is 18.9. The molecule has 0 aliphatic carbocycles. The van der Waals surface area contributed by atoms with E-state index in [0.717, 1.165) is 11.1 Å². The lowest BCUT2D eigenvalue weighted by Gasteiger charge is -2.47. The molecule has 1 heterocycles. The highest BCUT2D eigenvalue weighted by Crippen LogP contribution is 2.44. The third-order valence-corrected chi connectivity index (χ3v) is 5.91. The second kappa shape index (κ2) is 10.3. The normalized spacial score (nSPS) is 22.2. The maximum atomic E-state index is 13.5. The molecule has 31 heavy (non-hydrogen) atoms. The fourth-order valence-electron chi connectivity index (χ4n) is 4.05. The van der Waals surface area contributed by atoms with Gasteiger partial charge in [0, 0.05) is 16.5 Å². The Labute approximate surface area is 192 Å². The van der Waals surface area contributed by atoms with Crippen molar-refractivity contribution in [3.63, 3.8) is 0 Å². The number of carbonyl (C=O) groups is 2. The van der Waals surface area contributed by atoms with Crippen LogP contribution in [0.15, 0.2) is 61.2 Å². The second-order valence-corrected chi connectivity index (χ2v) is 8.45. The molecule has 2 N–H and O–H groups in total. The van der Waals surface area contributed by atoms with Gasteiger partial charge in [0.25, 0.3) is 5.91 Å². The molecule has 2 aromatic rings. The number of nitrogens with two attached hydrogens (primary N) is 1. The second-order valence-electron chi connectivity index (χ2n) is 7.57. The zero-order chi connectivity index (χ0) is 22.5. The van der Waals surface area contributed by atoms with Crippen molar-refractivity contribution in [2.24, 2.45) is 5.73 Å². The zero-order valence-electron chi connectivity index (χ0n) is 17.3. The molecule has 2 amide bonds. The van der Waals surface area contributed by atoms with Crippen LogP contribution in [0.3, 0.4) is 0 Å². The molecule has 0 aromatic heterocycles. The van der Waals surface area contributed by atoms with E-state index in [9.17, 15) is 9.59 Å². The van der Waals surface area contributed by atoms with Gasteiger partial charge in [0.15, 0.2) is 0 Å². The minimum absolute atomic E-state index is 0.282. The predicted octanol–water partition coefficient (Wildman–Crippen LogP) is 5.23. The maximum Gasteiger partial charge on any atom is 0.253 e. The topological polar surface area (TPSA) is 72.6 Å². The Hall–Kier alpha value is -2.34. The molecule has 1 saturated heterocycles. The summed E-state index contributed by atoms with van der Waals surface area (Å²) in [7, 11) is 0. The molecule has 1 unspecified atom stereocenters. The lowest BCUT2D eigenvalue weighted by molar-refractivity contribution is -0.180. The largest absolute Gasteiger partial charge is 0.368 e. The summed E-state index contributed by atoms with van der Waals surface area (Å²) in [4.78, 5) is 27.6. The van der Waals surface area contributed by atoms with E-state index in [1.165, 1.54) is 0 Å². The van der Waals surface area contributed by atoms with Crippen molar-refractivity contribution >= 4 is 35.0 Å². The highest BCUT2D eigenvalue weighted by atomic mass is 35.5. The van der Waals surface area contributed by atoms with Crippen LogP contribution in [0, 0.1) is 0 Å². The molecule has 164 valence electrons. The Morgan fingerprint density at radius 1 is 1.19 bits per heavy atom. The highest BCUT2D eigenvalue weighted by Gasteiger charge is 2.47. The number of amides is 2. The van der Waals surface area contributed by atoms with Gasteiger partial charge in [-0.15, -0.1) is 6.58 Å². The van der Waals surface area contributed by atoms with Crippen molar-refractivity contribution in [3.8, 4) is 0 Å². The quantitative estimate of drug-likeness (QED) is 0.547. The molecule has 5 nitrogen and oxygen atoms in total. The van der Waals surface area contributed by atoms with Crippen LogP contribution in [0.25, 0.3) is 0 Å². The molecular weight excluding hydrogens is 435 g/mol. The van der Waals surface area contributed by atoms with Crippen LogP contribution in [0.2, 0.25) is 10.0 Å². The van der Waals surface area contributed by atoms with E-state index < -0.39 is 30.2 Å². The number of hydrogen-bond acceptors (Lipinski definition) is 3. The summed E-state index contributed by atoms with van der Waals surface area (Å²) in [5, 5.41) is 1.13. The molecule has 0 radical (unpaired) electrons. The van der Waals surface area contributed by atoms with E-state index in [1.54, 1.807) is 29.2 Å². The average Bonchev–Trinajstić information content (AvgIpc) is 2.74. The summed E-state index contributed by atoms with van der Waals surface area (Å²) in [6, 6.07) is 13.2. The standard InChI is InChI=1S/C24H26Cl2N2O3/c1-3-6-19(23(27)29)28-21(15-10-12-17(25)13-11-15)22(16-8-5-9-18(26)14-16)31-20(7-4-2)24(28)30/h4-5,8-14,19-22H,2-3,6-7H2,1H3,(H2,27,29)/t19?,20-,21+,22-/m0/s1. The molecule has 0 bridgehead atoms. The third kappa shape index (κ3) is 5.12. The van der Waals surface area contributed by atoms with Gasteiger partial charge in [-0.2, -0.15) is 0 Å². The van der Waals surface area contributed by atoms with Gasteiger partial charge in [-0.25, -0.2) is 0 Å². The molecule has 3 rings (SSSR count). The van der Waals surface area contributed by atoms with Gasteiger partial charge in [-0.1, -0.05) is 66.9 Å². The Kier molecular flexibility index (Phi) is 7.76. The van der Waals surface area contributed by atoms with Crippen molar-refractivity contribution < 1.29 is 14.3 Å². The highest BCUT2D eigenvalue weighted by molar-refractivity contribution is 6.30. The minimum atomic E-state index is -0.774. The van der Waals surface area contributed by atoms with Crippen molar-refractivity contribution in [1.29, 1.82) is 0 Å². The van der Waals surface area contributed by atoms with Gasteiger partial charge < -0.3 is 15.4 Å². The first-order chi connectivity index (χ1) is 14.9. The van der Waals surface area contributed by atoms with Crippen LogP contribution >= 0.6 is 23.2 Å². The number of benzene rings is 2. The first-order valence-corrected chi connectivity index (χ1v) is 11.0. The molecule has 1 fully saturated rings. The van der Waals surface area contributed by atoms with E-state index in [2.05, 4.69) is 6.58 Å². The van der Waals surface area contributed by atoms with E-state index in [4.69, 9.17) is 33.7 Å². The lowest BCUT2D eigenvalue weighted by Crippen LogP contribution is -2.58. The monoisotopic (exact) mass is 460 g/mol. The SMILES string of the molecule is C=CC[C@@H]1O[C@@H](c2cccc(Cl)c2)[C@@H](c2ccc(Cl)cc2)N(C(CCC)C(N)=O)C1=O. The Bertz CT molecular complexity index is 948. The van der Waals surface area contributed by atoms with Crippen molar-refractivity contribution in [3.05, 3.63) is 82.4 Å². The Morgan fingerprint density at radius 3 is 2.48 bits per heavy atom. The number of nitrogens with zero attached hydrogens (tertiary/aromatic N) is 1. The smallest absolute Gasteiger partial charge is 0.253 e. The molecular formula is C24H26Cl2N2O3. The fraction of sp³-hybridized carbons (Fsp3) is 0.333. The Morgan fingerprint density at radius 2 is 1.90 bits per heavy atom. The van der Waals surface area contributed by atoms with Crippen molar-refractivity contribution in [2.45, 2.75) is 50.5 Å². The van der Waals surface area contributed by atoms with Crippen LogP contribution in [0.5, 0.6) is 0 Å². The summed E-state index contributed by atoms with van der Waals surface area (Å²) in [6.07, 6.45) is 1.77. The van der Waals surface area contributed by atoms with Gasteiger partial charge in [-0.3, -0.25) is 9.59 Å². The summed E-state index contributed by atoms with van der Waals surface area (Å²) in [5.41, 5.74) is 7.37. The van der Waals surface area contributed by atoms with Gasteiger partial charge in [0.05, 0.1) is 6.04 Å². The number of hydrogen-bond donors (Lipinski definition) is 1. The van der Waals surface area contributed by atoms with E-state index in [1.807, 2.05) is 37.3 Å². The van der Waals surface area contributed by atoms with Gasteiger partial charge in [0.1, 0.15) is 18.2 Å². The number of rotatable bonds is 8. The summed E-state index contributed by atoms with van der Waals surface area (Å²) < 4.78 is 6.31. The van der Waals surface area contributed by atoms with Crippen LogP contribution in [-0.2, 0) is 14.3 Å². The summed E-state index contributed by atoms with van der Waals surface area (Å²) in [5.74, 6) is -0.825. The maximum absolute atomic E-state index is 13.5. The molecule has 2 aromatic carbocycles. The number of primary amides is 1. The van der Waals surface area contributed by atoms with Crippen LogP contribution in [-0.4, -0.2) is 28.9 Å². The first kappa shape index (κ1) is 23.3. The third-order valence-electron chi connectivity index (χ3n) is 5.42. The molecule has 0 saturated carbocycles.